The van der Waals surface area contributed by atoms with Crippen LogP contribution in [-0.4, -0.2) is 31.2 Å². The fourth-order valence-electron chi connectivity index (χ4n) is 3.28. The lowest BCUT2D eigenvalue weighted by Gasteiger charge is -2.24. The third kappa shape index (κ3) is 10.8. The molecule has 0 bridgehead atoms. The van der Waals surface area contributed by atoms with Gasteiger partial charge in [-0.3, -0.25) is 0 Å². The van der Waals surface area contributed by atoms with Crippen LogP contribution in [0, 0.1) is 17.8 Å². The first-order valence-electron chi connectivity index (χ1n) is 9.92. The Kier molecular flexibility index (Phi) is 11.6. The van der Waals surface area contributed by atoms with Crippen molar-refractivity contribution in [1.29, 1.82) is 0 Å². The van der Waals surface area contributed by atoms with E-state index < -0.39 is 0 Å². The van der Waals surface area contributed by atoms with Gasteiger partial charge in [0, 0.05) is 0 Å². The highest BCUT2D eigenvalue weighted by atomic mass is 16.7. The van der Waals surface area contributed by atoms with Gasteiger partial charge in [-0.2, -0.15) is 0 Å². The largest absolute Gasteiger partial charge is 0.468 e. The number of ether oxygens (including phenoxy) is 3. The molecule has 0 spiro atoms. The van der Waals surface area contributed by atoms with Crippen molar-refractivity contribution < 1.29 is 19.3 Å². The molecule has 150 valence electrons. The van der Waals surface area contributed by atoms with E-state index in [1.54, 1.807) is 0 Å². The molecule has 0 heterocycles. The van der Waals surface area contributed by atoms with Crippen LogP contribution in [0.3, 0.4) is 0 Å². The molecule has 0 amide bonds. The van der Waals surface area contributed by atoms with Gasteiger partial charge >= 0.3 is 0 Å². The van der Waals surface area contributed by atoms with E-state index in [0.29, 0.717) is 36.9 Å². The molecule has 0 aromatic heterocycles. The van der Waals surface area contributed by atoms with Crippen molar-refractivity contribution >= 4 is 0 Å². The molecule has 1 rings (SSSR count). The van der Waals surface area contributed by atoms with Gasteiger partial charge in [0.05, 0.1) is 25.9 Å². The molecule has 2 unspecified atom stereocenters. The normalized spacial score (nSPS) is 14.0. The molecule has 0 saturated heterocycles. The molecule has 1 N–H and O–H groups in total. The smallest absolute Gasteiger partial charge is 0.189 e. The Bertz CT molecular complexity index is 473. The molecular formula is C22H38O4. The van der Waals surface area contributed by atoms with Crippen LogP contribution in [0.15, 0.2) is 24.3 Å². The highest BCUT2D eigenvalue weighted by molar-refractivity contribution is 5.27. The van der Waals surface area contributed by atoms with Gasteiger partial charge in [0.15, 0.2) is 6.79 Å². The van der Waals surface area contributed by atoms with Gasteiger partial charge in [-0.25, -0.2) is 0 Å². The summed E-state index contributed by atoms with van der Waals surface area (Å²) in [7, 11) is 0. The molecule has 0 aliphatic heterocycles. The lowest BCUT2D eigenvalue weighted by atomic mass is 9.91. The van der Waals surface area contributed by atoms with Crippen LogP contribution in [0.4, 0.5) is 0 Å². The van der Waals surface area contributed by atoms with Crippen LogP contribution < -0.4 is 4.74 Å². The summed E-state index contributed by atoms with van der Waals surface area (Å²) in [6.45, 7) is 12.7. The number of hydrogen-bond donors (Lipinski definition) is 1. The van der Waals surface area contributed by atoms with Gasteiger partial charge in [0.1, 0.15) is 5.75 Å². The van der Waals surface area contributed by atoms with Crippen LogP contribution in [0.25, 0.3) is 0 Å². The number of rotatable bonds is 14. The Hall–Kier alpha value is -1.10. The molecule has 0 saturated carbocycles. The minimum Gasteiger partial charge on any atom is -0.468 e. The second-order valence-electron chi connectivity index (χ2n) is 8.07. The third-order valence-electron chi connectivity index (χ3n) is 4.24. The predicted molar refractivity (Wildman–Crippen MR) is 106 cm³/mol. The number of benzene rings is 1. The summed E-state index contributed by atoms with van der Waals surface area (Å²) in [6, 6.07) is 7.39. The fourth-order valence-corrected chi connectivity index (χ4v) is 3.28. The fraction of sp³-hybridized carbons (Fsp3) is 0.727. The van der Waals surface area contributed by atoms with Gasteiger partial charge in [-0.05, 0) is 54.7 Å². The Morgan fingerprint density at radius 3 is 2.31 bits per heavy atom. The summed E-state index contributed by atoms with van der Waals surface area (Å²) in [5.41, 5.74) is 0.831. The molecule has 0 aliphatic rings. The van der Waals surface area contributed by atoms with Crippen LogP contribution in [0.2, 0.25) is 0 Å². The first-order valence-corrected chi connectivity index (χ1v) is 9.92. The summed E-state index contributed by atoms with van der Waals surface area (Å²) in [6.07, 6.45) is 3.75. The molecule has 4 nitrogen and oxygen atoms in total. The van der Waals surface area contributed by atoms with E-state index >= 15 is 0 Å². The van der Waals surface area contributed by atoms with Gasteiger partial charge in [-0.1, -0.05) is 46.8 Å². The van der Waals surface area contributed by atoms with Crippen molar-refractivity contribution in [3.05, 3.63) is 29.8 Å². The summed E-state index contributed by atoms with van der Waals surface area (Å²) in [4.78, 5) is 0. The van der Waals surface area contributed by atoms with E-state index in [9.17, 15) is 0 Å². The molecule has 26 heavy (non-hydrogen) atoms. The molecule has 0 aliphatic carbocycles. The van der Waals surface area contributed by atoms with E-state index in [0.717, 1.165) is 24.3 Å². The van der Waals surface area contributed by atoms with E-state index in [4.69, 9.17) is 19.3 Å². The SMILES string of the molecule is CC(C)CC(C)CC(CC(C)C)OCCOCOc1cccc(CO)c1. The molecular weight excluding hydrogens is 328 g/mol. The third-order valence-corrected chi connectivity index (χ3v) is 4.24. The quantitative estimate of drug-likeness (QED) is 0.370. The van der Waals surface area contributed by atoms with E-state index in [1.807, 2.05) is 24.3 Å². The average Bonchev–Trinajstić information content (AvgIpc) is 2.56. The Labute approximate surface area is 159 Å². The zero-order valence-electron chi connectivity index (χ0n) is 17.2. The number of aliphatic hydroxyl groups excluding tert-OH is 1. The Morgan fingerprint density at radius 1 is 0.923 bits per heavy atom. The average molecular weight is 367 g/mol. The van der Waals surface area contributed by atoms with Gasteiger partial charge in [-0.15, -0.1) is 0 Å². The lowest BCUT2D eigenvalue weighted by Crippen LogP contribution is -2.22. The summed E-state index contributed by atoms with van der Waals surface area (Å²) in [5.74, 6) is 2.75. The molecule has 2 atom stereocenters. The molecule has 0 radical (unpaired) electrons. The van der Waals surface area contributed by atoms with Gasteiger partial charge in [0.25, 0.3) is 0 Å². The van der Waals surface area contributed by atoms with E-state index in [-0.39, 0.29) is 13.4 Å². The standard InChI is InChI=1S/C22H38O4/c1-17(2)11-19(5)13-22(12-18(3)4)25-10-9-24-16-26-21-8-6-7-20(14-21)15-23/h6-8,14,17-19,22-23H,9-13,15-16H2,1-5H3. The van der Waals surface area contributed by atoms with Crippen LogP contribution in [0.1, 0.15) is 59.4 Å². The predicted octanol–water partition coefficient (Wildman–Crippen LogP) is 5.04. The summed E-state index contributed by atoms with van der Waals surface area (Å²) < 4.78 is 17.1. The molecule has 4 heteroatoms. The first-order chi connectivity index (χ1) is 12.4. The topological polar surface area (TPSA) is 47.9 Å². The van der Waals surface area contributed by atoms with Crippen molar-refractivity contribution in [1.82, 2.24) is 0 Å². The second kappa shape index (κ2) is 13.1. The van der Waals surface area contributed by atoms with Gasteiger partial charge in [0.2, 0.25) is 0 Å². The Balaban J connectivity index is 2.24. The van der Waals surface area contributed by atoms with Crippen LogP contribution >= 0.6 is 0 Å². The maximum absolute atomic E-state index is 9.13. The monoisotopic (exact) mass is 366 g/mol. The zero-order valence-corrected chi connectivity index (χ0v) is 17.2. The minimum atomic E-state index is 0.0123. The first kappa shape index (κ1) is 22.9. The molecule has 1 aromatic carbocycles. The second-order valence-corrected chi connectivity index (χ2v) is 8.07. The van der Waals surface area contributed by atoms with Crippen molar-refractivity contribution in [2.24, 2.45) is 17.8 Å². The van der Waals surface area contributed by atoms with Crippen molar-refractivity contribution in [2.75, 3.05) is 20.0 Å². The number of aliphatic hydroxyl groups is 1. The highest BCUT2D eigenvalue weighted by Crippen LogP contribution is 2.22. The Morgan fingerprint density at radius 2 is 1.65 bits per heavy atom. The highest BCUT2D eigenvalue weighted by Gasteiger charge is 2.16. The summed E-state index contributed by atoms with van der Waals surface area (Å²) in [5, 5.41) is 9.13. The van der Waals surface area contributed by atoms with Gasteiger partial charge < -0.3 is 19.3 Å². The molecule has 0 fully saturated rings. The lowest BCUT2D eigenvalue weighted by molar-refractivity contribution is -0.0450. The maximum Gasteiger partial charge on any atom is 0.189 e. The van der Waals surface area contributed by atoms with Crippen LogP contribution in [-0.2, 0) is 16.1 Å². The summed E-state index contributed by atoms with van der Waals surface area (Å²) >= 11 is 0. The zero-order chi connectivity index (χ0) is 19.4. The van der Waals surface area contributed by atoms with Crippen molar-refractivity contribution in [2.45, 2.75) is 66.6 Å². The maximum atomic E-state index is 9.13. The van der Waals surface area contributed by atoms with Crippen LogP contribution in [0.5, 0.6) is 5.75 Å². The minimum absolute atomic E-state index is 0.0123. The van der Waals surface area contributed by atoms with E-state index in [2.05, 4.69) is 34.6 Å². The molecule has 1 aromatic rings. The van der Waals surface area contributed by atoms with E-state index in [1.165, 1.54) is 6.42 Å². The van der Waals surface area contributed by atoms with Crippen molar-refractivity contribution in [3.8, 4) is 5.75 Å². The van der Waals surface area contributed by atoms with Crippen molar-refractivity contribution in [3.63, 3.8) is 0 Å². The number of hydrogen-bond acceptors (Lipinski definition) is 4.